The molecule has 4 rings (SSSR count). The van der Waals surface area contributed by atoms with Gasteiger partial charge in [0.05, 0.1) is 38.1 Å². The Balaban J connectivity index is 1.56. The van der Waals surface area contributed by atoms with Gasteiger partial charge in [0.25, 0.3) is 11.6 Å². The molecule has 0 bridgehead atoms. The largest absolute Gasteiger partial charge is 0.416 e. The Morgan fingerprint density at radius 2 is 2.00 bits per heavy atom. The van der Waals surface area contributed by atoms with Crippen LogP contribution in [-0.2, 0) is 15.9 Å². The molecule has 1 aliphatic heterocycles. The third-order valence-electron chi connectivity index (χ3n) is 5.17. The van der Waals surface area contributed by atoms with E-state index in [9.17, 15) is 32.3 Å². The molecule has 1 saturated heterocycles. The lowest BCUT2D eigenvalue weighted by molar-refractivity contribution is -0.385. The van der Waals surface area contributed by atoms with Crippen LogP contribution in [0.4, 0.5) is 24.5 Å². The molecule has 1 aromatic carbocycles. The minimum absolute atomic E-state index is 0.210. The number of hydrogen-bond donors (Lipinski definition) is 1. The van der Waals surface area contributed by atoms with Crippen LogP contribution >= 0.6 is 0 Å². The predicted octanol–water partition coefficient (Wildman–Crippen LogP) is 3.58. The van der Waals surface area contributed by atoms with Gasteiger partial charge in [0, 0.05) is 29.2 Å². The van der Waals surface area contributed by atoms with Crippen molar-refractivity contribution in [1.82, 2.24) is 25.1 Å². The molecular weight excluding hydrogens is 491 g/mol. The number of nitrogens with zero attached hydrogens (tertiary/aromatic N) is 6. The zero-order chi connectivity index (χ0) is 25.4. The molecule has 0 spiro atoms. The number of nitrogens with one attached hydrogen (secondary N) is 1. The molecule has 3 heterocycles. The lowest BCUT2D eigenvalue weighted by Crippen LogP contribution is -2.29. The van der Waals surface area contributed by atoms with Crippen molar-refractivity contribution in [1.29, 1.82) is 0 Å². The number of pyridine rings is 1. The first-order valence-corrected chi connectivity index (χ1v) is 12.1. The molecule has 0 saturated carbocycles. The summed E-state index contributed by atoms with van der Waals surface area (Å²) in [5.74, 6) is 0.660. The quantitative estimate of drug-likeness (QED) is 0.395. The van der Waals surface area contributed by atoms with Gasteiger partial charge >= 0.3 is 6.18 Å². The summed E-state index contributed by atoms with van der Waals surface area (Å²) in [6.07, 6.45) is -1.37. The molecule has 35 heavy (non-hydrogen) atoms. The SMILES string of the molecule is C[C@H](NC(=O)c1cc([N+](=O)[O-])cc(C(F)(F)F)c1)c1ncnn1-c1ccc(N=S2(=O)CCC2)cn1. The summed E-state index contributed by atoms with van der Waals surface area (Å²) in [6.45, 7) is 1.52. The molecule has 15 heteroatoms. The van der Waals surface area contributed by atoms with Crippen LogP contribution in [0.3, 0.4) is 0 Å². The molecule has 3 aromatic rings. The summed E-state index contributed by atoms with van der Waals surface area (Å²) in [6, 6.07) is 4.00. The fourth-order valence-electron chi connectivity index (χ4n) is 3.31. The van der Waals surface area contributed by atoms with Crippen molar-refractivity contribution >= 4 is 27.0 Å². The van der Waals surface area contributed by atoms with E-state index in [0.29, 0.717) is 35.1 Å². The van der Waals surface area contributed by atoms with Gasteiger partial charge < -0.3 is 5.32 Å². The van der Waals surface area contributed by atoms with E-state index in [-0.39, 0.29) is 5.82 Å². The van der Waals surface area contributed by atoms with Crippen molar-refractivity contribution in [2.24, 2.45) is 4.36 Å². The number of rotatable bonds is 6. The van der Waals surface area contributed by atoms with Gasteiger partial charge in [-0.05, 0) is 31.5 Å². The first-order valence-electron chi connectivity index (χ1n) is 10.2. The highest BCUT2D eigenvalue weighted by Gasteiger charge is 2.33. The minimum atomic E-state index is -4.87. The summed E-state index contributed by atoms with van der Waals surface area (Å²) >= 11 is 0. The number of nitro benzene ring substituents is 1. The van der Waals surface area contributed by atoms with Gasteiger partial charge in [0.15, 0.2) is 11.6 Å². The van der Waals surface area contributed by atoms with Gasteiger partial charge in [-0.3, -0.25) is 14.9 Å². The second kappa shape index (κ2) is 9.05. The molecule has 1 atom stereocenters. The van der Waals surface area contributed by atoms with Crippen molar-refractivity contribution in [2.45, 2.75) is 25.6 Å². The Bertz CT molecular complexity index is 1400. The first-order chi connectivity index (χ1) is 16.4. The number of carbonyl (C=O) groups is 1. The number of non-ortho nitro benzene ring substituents is 1. The van der Waals surface area contributed by atoms with Crippen molar-refractivity contribution in [3.8, 4) is 5.82 Å². The number of nitro groups is 1. The van der Waals surface area contributed by atoms with Crippen LogP contribution in [0.15, 0.2) is 47.2 Å². The van der Waals surface area contributed by atoms with Gasteiger partial charge in [-0.15, -0.1) is 0 Å². The van der Waals surface area contributed by atoms with Crippen LogP contribution in [-0.4, -0.2) is 46.3 Å². The van der Waals surface area contributed by atoms with E-state index in [1.807, 2.05) is 0 Å². The molecule has 0 unspecified atom stereocenters. The second-order valence-corrected chi connectivity index (χ2v) is 10.3. The number of halogens is 3. The highest BCUT2D eigenvalue weighted by Crippen LogP contribution is 2.32. The second-order valence-electron chi connectivity index (χ2n) is 7.75. The van der Waals surface area contributed by atoms with Crippen molar-refractivity contribution < 1.29 is 27.1 Å². The molecule has 184 valence electrons. The van der Waals surface area contributed by atoms with Gasteiger partial charge in [0.2, 0.25) is 0 Å². The van der Waals surface area contributed by atoms with Crippen LogP contribution in [0.5, 0.6) is 0 Å². The summed E-state index contributed by atoms with van der Waals surface area (Å²) in [7, 11) is -2.20. The summed E-state index contributed by atoms with van der Waals surface area (Å²) in [4.78, 5) is 31.0. The number of aromatic nitrogens is 4. The smallest absolute Gasteiger partial charge is 0.342 e. The standard InChI is InChI=1S/C20H18F3N7O4S/c1-12(27-19(31)13-7-14(20(21,22)23)9-16(8-13)30(32)33)18-25-11-26-29(18)17-4-3-15(10-24-17)28-35(34)5-2-6-35/h3-4,7-12H,2,5-6H2,1H3,(H,27,31)/t12-/m0/s1. The van der Waals surface area contributed by atoms with E-state index in [0.717, 1.165) is 12.5 Å². The highest BCUT2D eigenvalue weighted by molar-refractivity contribution is 7.95. The number of benzene rings is 1. The van der Waals surface area contributed by atoms with Crippen molar-refractivity contribution in [2.75, 3.05) is 11.5 Å². The molecule has 11 nitrogen and oxygen atoms in total. The van der Waals surface area contributed by atoms with Crippen molar-refractivity contribution in [3.05, 3.63) is 69.9 Å². The van der Waals surface area contributed by atoms with Crippen LogP contribution in [0.2, 0.25) is 0 Å². The van der Waals surface area contributed by atoms with E-state index < -0.39 is 49.6 Å². The van der Waals surface area contributed by atoms with Crippen LogP contribution in [0.25, 0.3) is 5.82 Å². The zero-order valence-electron chi connectivity index (χ0n) is 18.1. The van der Waals surface area contributed by atoms with E-state index >= 15 is 0 Å². The molecule has 1 N–H and O–H groups in total. The molecule has 0 radical (unpaired) electrons. The normalized spacial score (nSPS) is 15.7. The van der Waals surface area contributed by atoms with Gasteiger partial charge in [0.1, 0.15) is 6.33 Å². The Labute approximate surface area is 196 Å². The van der Waals surface area contributed by atoms with E-state index in [2.05, 4.69) is 24.7 Å². The molecule has 1 aliphatic rings. The summed E-state index contributed by atoms with van der Waals surface area (Å²) in [5, 5.41) is 17.6. The lowest BCUT2D eigenvalue weighted by Gasteiger charge is -2.17. The molecule has 1 amide bonds. The Hall–Kier alpha value is -3.88. The molecule has 1 fully saturated rings. The fourth-order valence-corrected chi connectivity index (χ4v) is 4.77. The maximum Gasteiger partial charge on any atom is 0.416 e. The molecule has 2 aromatic heterocycles. The highest BCUT2D eigenvalue weighted by atomic mass is 32.2. The van der Waals surface area contributed by atoms with Crippen molar-refractivity contribution in [3.63, 3.8) is 0 Å². The first kappa shape index (κ1) is 24.3. The van der Waals surface area contributed by atoms with E-state index in [1.54, 1.807) is 12.1 Å². The van der Waals surface area contributed by atoms with Crippen LogP contribution in [0, 0.1) is 10.1 Å². The Morgan fingerprint density at radius 1 is 1.26 bits per heavy atom. The average Bonchev–Trinajstić information content (AvgIpc) is 3.27. The van der Waals surface area contributed by atoms with E-state index in [4.69, 9.17) is 0 Å². The van der Waals surface area contributed by atoms with Gasteiger partial charge in [-0.25, -0.2) is 14.2 Å². The molecule has 0 aliphatic carbocycles. The monoisotopic (exact) mass is 509 g/mol. The number of alkyl halides is 3. The zero-order valence-corrected chi connectivity index (χ0v) is 18.9. The maximum atomic E-state index is 13.1. The summed E-state index contributed by atoms with van der Waals surface area (Å²) < 4.78 is 57.2. The third kappa shape index (κ3) is 5.29. The predicted molar refractivity (Wildman–Crippen MR) is 118 cm³/mol. The van der Waals surface area contributed by atoms with Crippen LogP contribution in [0.1, 0.15) is 41.1 Å². The Kier molecular flexibility index (Phi) is 6.27. The topological polar surface area (TPSA) is 145 Å². The minimum Gasteiger partial charge on any atom is -0.342 e. The third-order valence-corrected chi connectivity index (χ3v) is 7.57. The lowest BCUT2D eigenvalue weighted by atomic mass is 10.1. The number of amides is 1. The number of hydrogen-bond acceptors (Lipinski definition) is 8. The van der Waals surface area contributed by atoms with Crippen LogP contribution < -0.4 is 5.32 Å². The number of carbonyl (C=O) groups excluding carboxylic acids is 1. The Morgan fingerprint density at radius 3 is 2.57 bits per heavy atom. The fraction of sp³-hybridized carbons (Fsp3) is 0.300. The molecular formula is C20H18F3N7O4S. The summed E-state index contributed by atoms with van der Waals surface area (Å²) in [5.41, 5.74) is -2.25. The maximum absolute atomic E-state index is 13.1. The van der Waals surface area contributed by atoms with Gasteiger partial charge in [-0.1, -0.05) is 0 Å². The van der Waals surface area contributed by atoms with Gasteiger partial charge in [-0.2, -0.15) is 27.3 Å². The van der Waals surface area contributed by atoms with E-state index in [1.165, 1.54) is 24.1 Å². The average molecular weight is 509 g/mol.